The molecule has 4 nitrogen and oxygen atoms in total. The number of anilines is 1. The summed E-state index contributed by atoms with van der Waals surface area (Å²) in [4.78, 5) is 16.5. The third-order valence-corrected chi connectivity index (χ3v) is 3.68. The average Bonchev–Trinajstić information content (AvgIpc) is 2.49. The number of nitrogens with one attached hydrogen (secondary N) is 1. The van der Waals surface area contributed by atoms with E-state index in [2.05, 4.69) is 26.2 Å². The first-order chi connectivity index (χ1) is 9.74. The van der Waals surface area contributed by atoms with Crippen LogP contribution in [0.25, 0.3) is 0 Å². The van der Waals surface area contributed by atoms with Gasteiger partial charge < -0.3 is 10.1 Å². The van der Waals surface area contributed by atoms with Crippen LogP contribution in [0.1, 0.15) is 17.2 Å². The maximum absolute atomic E-state index is 12.3. The van der Waals surface area contributed by atoms with Crippen LogP contribution < -0.4 is 5.32 Å². The van der Waals surface area contributed by atoms with Gasteiger partial charge in [0.15, 0.2) is 6.10 Å². The summed E-state index contributed by atoms with van der Waals surface area (Å²) in [6.45, 7) is 0.558. The van der Waals surface area contributed by atoms with E-state index in [-0.39, 0.29) is 5.91 Å². The number of halogens is 1. The molecule has 1 atom stereocenters. The zero-order valence-electron chi connectivity index (χ0n) is 10.7. The molecule has 3 rings (SSSR count). The number of aromatic nitrogens is 1. The van der Waals surface area contributed by atoms with Crippen LogP contribution in [0, 0.1) is 0 Å². The number of rotatable bonds is 2. The predicted octanol–water partition coefficient (Wildman–Crippen LogP) is 3.10. The van der Waals surface area contributed by atoms with Gasteiger partial charge in [0, 0.05) is 10.7 Å². The van der Waals surface area contributed by atoms with E-state index in [0.717, 1.165) is 16.5 Å². The zero-order chi connectivity index (χ0) is 13.9. The Bertz CT molecular complexity index is 628. The summed E-state index contributed by atoms with van der Waals surface area (Å²) in [6.07, 6.45) is 1.92. The second-order valence-corrected chi connectivity index (χ2v) is 5.47. The molecular formula is C15H13BrN2O2. The first kappa shape index (κ1) is 13.3. The fraction of sp³-hybridized carbons (Fsp3) is 0.200. The Balaban J connectivity index is 1.80. The molecule has 0 spiro atoms. The van der Waals surface area contributed by atoms with Crippen LogP contribution in [0.3, 0.4) is 0 Å². The first-order valence-electron chi connectivity index (χ1n) is 6.36. The molecule has 1 unspecified atom stereocenters. The van der Waals surface area contributed by atoms with Crippen molar-refractivity contribution in [1.82, 2.24) is 4.98 Å². The van der Waals surface area contributed by atoms with E-state index in [1.807, 2.05) is 30.3 Å². The van der Waals surface area contributed by atoms with Crippen LogP contribution >= 0.6 is 15.9 Å². The van der Waals surface area contributed by atoms with E-state index < -0.39 is 6.10 Å². The Hall–Kier alpha value is -1.72. The molecule has 0 saturated carbocycles. The van der Waals surface area contributed by atoms with Gasteiger partial charge in [-0.05, 0) is 45.6 Å². The van der Waals surface area contributed by atoms with Crippen molar-refractivity contribution in [2.45, 2.75) is 12.5 Å². The summed E-state index contributed by atoms with van der Waals surface area (Å²) in [5.74, 6) is 0.330. The molecule has 1 N–H and O–H groups in total. The highest BCUT2D eigenvalue weighted by molar-refractivity contribution is 9.10. The molecule has 1 aromatic heterocycles. The van der Waals surface area contributed by atoms with E-state index in [1.54, 1.807) is 12.3 Å². The van der Waals surface area contributed by atoms with Crippen molar-refractivity contribution < 1.29 is 9.53 Å². The number of amides is 1. The molecular weight excluding hydrogens is 320 g/mol. The van der Waals surface area contributed by atoms with Crippen LogP contribution in [-0.4, -0.2) is 17.5 Å². The summed E-state index contributed by atoms with van der Waals surface area (Å²) in [5.41, 5.74) is 2.11. The van der Waals surface area contributed by atoms with Gasteiger partial charge in [0.25, 0.3) is 5.91 Å². The van der Waals surface area contributed by atoms with Gasteiger partial charge in [-0.15, -0.1) is 0 Å². The van der Waals surface area contributed by atoms with Crippen LogP contribution in [0.5, 0.6) is 0 Å². The summed E-state index contributed by atoms with van der Waals surface area (Å²) in [6, 6.07) is 11.5. The van der Waals surface area contributed by atoms with Gasteiger partial charge in [0.2, 0.25) is 0 Å². The van der Waals surface area contributed by atoms with E-state index in [1.165, 1.54) is 5.56 Å². The number of hydrogen-bond acceptors (Lipinski definition) is 3. The Morgan fingerprint density at radius 2 is 2.15 bits per heavy atom. The SMILES string of the molecule is O=C(Nc1ccc(Br)cn1)C1OCCc2ccccc21. The molecule has 102 valence electrons. The lowest BCUT2D eigenvalue weighted by atomic mass is 9.97. The number of hydrogen-bond donors (Lipinski definition) is 1. The lowest BCUT2D eigenvalue weighted by molar-refractivity contribution is -0.128. The van der Waals surface area contributed by atoms with Gasteiger partial charge in [-0.25, -0.2) is 4.98 Å². The van der Waals surface area contributed by atoms with Crippen LogP contribution in [0.4, 0.5) is 5.82 Å². The molecule has 1 aliphatic rings. The monoisotopic (exact) mass is 332 g/mol. The Morgan fingerprint density at radius 1 is 1.30 bits per heavy atom. The Morgan fingerprint density at radius 3 is 2.95 bits per heavy atom. The van der Waals surface area contributed by atoms with E-state index in [0.29, 0.717) is 12.4 Å². The maximum atomic E-state index is 12.3. The molecule has 0 radical (unpaired) electrons. The van der Waals surface area contributed by atoms with Gasteiger partial charge in [-0.3, -0.25) is 4.79 Å². The second kappa shape index (κ2) is 5.73. The second-order valence-electron chi connectivity index (χ2n) is 4.55. The van der Waals surface area contributed by atoms with Crippen LogP contribution in [0.15, 0.2) is 47.1 Å². The van der Waals surface area contributed by atoms with Gasteiger partial charge >= 0.3 is 0 Å². The topological polar surface area (TPSA) is 51.2 Å². The van der Waals surface area contributed by atoms with E-state index >= 15 is 0 Å². The molecule has 0 saturated heterocycles. The maximum Gasteiger partial charge on any atom is 0.259 e. The molecule has 1 aliphatic heterocycles. The molecule has 1 amide bonds. The van der Waals surface area contributed by atoms with Crippen molar-refractivity contribution in [1.29, 1.82) is 0 Å². The fourth-order valence-corrected chi connectivity index (χ4v) is 2.49. The van der Waals surface area contributed by atoms with Crippen LogP contribution in [-0.2, 0) is 16.0 Å². The number of carbonyl (C=O) groups is 1. The van der Waals surface area contributed by atoms with E-state index in [9.17, 15) is 4.79 Å². The van der Waals surface area contributed by atoms with Crippen molar-refractivity contribution >= 4 is 27.7 Å². The number of ether oxygens (including phenoxy) is 1. The normalized spacial score (nSPS) is 17.4. The molecule has 20 heavy (non-hydrogen) atoms. The number of carbonyl (C=O) groups excluding carboxylic acids is 1. The summed E-state index contributed by atoms with van der Waals surface area (Å²) in [5, 5.41) is 2.78. The highest BCUT2D eigenvalue weighted by Crippen LogP contribution is 2.27. The Kier molecular flexibility index (Phi) is 3.80. The standard InChI is InChI=1S/C15H13BrN2O2/c16-11-5-6-13(17-9-11)18-15(19)14-12-4-2-1-3-10(12)7-8-20-14/h1-6,9,14H,7-8H2,(H,17,18,19). The minimum atomic E-state index is -0.564. The predicted molar refractivity (Wildman–Crippen MR) is 79.4 cm³/mol. The van der Waals surface area contributed by atoms with Crippen molar-refractivity contribution in [3.05, 3.63) is 58.2 Å². The molecule has 5 heteroatoms. The number of pyridine rings is 1. The summed E-state index contributed by atoms with van der Waals surface area (Å²) in [7, 11) is 0. The van der Waals surface area contributed by atoms with Gasteiger partial charge in [-0.1, -0.05) is 24.3 Å². The average molecular weight is 333 g/mol. The zero-order valence-corrected chi connectivity index (χ0v) is 12.3. The highest BCUT2D eigenvalue weighted by atomic mass is 79.9. The lowest BCUT2D eigenvalue weighted by Crippen LogP contribution is -2.28. The molecule has 2 heterocycles. The van der Waals surface area contributed by atoms with Gasteiger partial charge in [0.1, 0.15) is 5.82 Å². The number of fused-ring (bicyclic) bond motifs is 1. The molecule has 2 aromatic rings. The number of nitrogens with zero attached hydrogens (tertiary/aromatic N) is 1. The van der Waals surface area contributed by atoms with Crippen molar-refractivity contribution in [3.8, 4) is 0 Å². The largest absolute Gasteiger partial charge is 0.363 e. The Labute approximate surface area is 125 Å². The quantitative estimate of drug-likeness (QED) is 0.919. The van der Waals surface area contributed by atoms with Crippen LogP contribution in [0.2, 0.25) is 0 Å². The minimum Gasteiger partial charge on any atom is -0.363 e. The third-order valence-electron chi connectivity index (χ3n) is 3.21. The van der Waals surface area contributed by atoms with E-state index in [4.69, 9.17) is 4.74 Å². The molecule has 0 aliphatic carbocycles. The fourth-order valence-electron chi connectivity index (χ4n) is 2.25. The van der Waals surface area contributed by atoms with Crippen molar-refractivity contribution in [2.24, 2.45) is 0 Å². The smallest absolute Gasteiger partial charge is 0.259 e. The molecule has 0 fully saturated rings. The van der Waals surface area contributed by atoms with Crippen molar-refractivity contribution in [3.63, 3.8) is 0 Å². The molecule has 0 bridgehead atoms. The lowest BCUT2D eigenvalue weighted by Gasteiger charge is -2.24. The van der Waals surface area contributed by atoms with Gasteiger partial charge in [-0.2, -0.15) is 0 Å². The summed E-state index contributed by atoms with van der Waals surface area (Å²) >= 11 is 3.31. The van der Waals surface area contributed by atoms with Crippen molar-refractivity contribution in [2.75, 3.05) is 11.9 Å². The first-order valence-corrected chi connectivity index (χ1v) is 7.15. The third kappa shape index (κ3) is 2.73. The van der Waals surface area contributed by atoms with Gasteiger partial charge in [0.05, 0.1) is 6.61 Å². The molecule has 1 aromatic carbocycles. The summed E-state index contributed by atoms with van der Waals surface area (Å²) < 4.78 is 6.48. The minimum absolute atomic E-state index is 0.188. The number of benzene rings is 1. The highest BCUT2D eigenvalue weighted by Gasteiger charge is 2.27.